The summed E-state index contributed by atoms with van der Waals surface area (Å²) in [5.41, 5.74) is 0. The second-order valence-corrected chi connectivity index (χ2v) is 9.86. The molecule has 0 aromatic rings. The Labute approximate surface area is 206 Å². The molecule has 0 bridgehead atoms. The van der Waals surface area contributed by atoms with Gasteiger partial charge in [0.25, 0.3) is 0 Å². The minimum absolute atomic E-state index is 0.0808. The van der Waals surface area contributed by atoms with E-state index in [4.69, 9.17) is 14.6 Å². The third-order valence-electron chi connectivity index (χ3n) is 6.48. The molecule has 1 atom stereocenters. The third-order valence-corrected chi connectivity index (χ3v) is 6.48. The van der Waals surface area contributed by atoms with E-state index in [0.29, 0.717) is 13.0 Å². The highest BCUT2D eigenvalue weighted by Gasteiger charge is 2.12. The van der Waals surface area contributed by atoms with Crippen LogP contribution in [0.4, 0.5) is 0 Å². The Balaban J connectivity index is 3.62. The topological polar surface area (TPSA) is 55.8 Å². The van der Waals surface area contributed by atoms with Crippen molar-refractivity contribution >= 4 is 5.97 Å². The van der Waals surface area contributed by atoms with E-state index < -0.39 is 5.97 Å². The number of aliphatic carboxylic acids is 1. The summed E-state index contributed by atoms with van der Waals surface area (Å²) in [6.45, 7) is 6.55. The Morgan fingerprint density at radius 3 is 1.42 bits per heavy atom. The maximum Gasteiger partial charge on any atom is 0.303 e. The van der Waals surface area contributed by atoms with Gasteiger partial charge in [-0.3, -0.25) is 4.79 Å². The molecule has 0 aliphatic carbocycles. The number of carboxylic acids is 1. The van der Waals surface area contributed by atoms with E-state index in [2.05, 4.69) is 13.8 Å². The monoisotopic (exact) mass is 470 g/mol. The van der Waals surface area contributed by atoms with Gasteiger partial charge in [-0.25, -0.2) is 0 Å². The van der Waals surface area contributed by atoms with Crippen LogP contribution in [0, 0.1) is 0 Å². The van der Waals surface area contributed by atoms with Gasteiger partial charge in [-0.2, -0.15) is 0 Å². The molecule has 198 valence electrons. The summed E-state index contributed by atoms with van der Waals surface area (Å²) in [5.74, 6) is -0.753. The summed E-state index contributed by atoms with van der Waals surface area (Å²) in [4.78, 5) is 10.9. The van der Waals surface area contributed by atoms with Crippen LogP contribution in [0.1, 0.15) is 155 Å². The molecule has 0 amide bonds. The molecule has 1 N–H and O–H groups in total. The first-order valence-electron chi connectivity index (χ1n) is 14.6. The Kier molecular flexibility index (Phi) is 27.1. The molecule has 0 aliphatic rings. The van der Waals surface area contributed by atoms with Crippen LogP contribution in [0.25, 0.3) is 0 Å². The van der Waals surface area contributed by atoms with Gasteiger partial charge in [-0.15, -0.1) is 0 Å². The first-order valence-corrected chi connectivity index (χ1v) is 14.6. The van der Waals surface area contributed by atoms with Crippen LogP contribution in [0.3, 0.4) is 0 Å². The summed E-state index contributed by atoms with van der Waals surface area (Å²) in [5, 5.41) is 9.00. The van der Waals surface area contributed by atoms with Gasteiger partial charge in [-0.1, -0.05) is 129 Å². The SMILES string of the molecule is CCCCCCCCCCCCOCC(CCC(=O)O)OCCCCCCCCCCCC. The van der Waals surface area contributed by atoms with Crippen LogP contribution in [0.5, 0.6) is 0 Å². The number of hydrogen-bond donors (Lipinski definition) is 1. The number of unbranched alkanes of at least 4 members (excludes halogenated alkanes) is 18. The molecule has 0 saturated heterocycles. The normalized spacial score (nSPS) is 12.3. The van der Waals surface area contributed by atoms with Gasteiger partial charge in [-0.05, 0) is 19.3 Å². The average Bonchev–Trinajstić information content (AvgIpc) is 2.81. The minimum Gasteiger partial charge on any atom is -0.481 e. The molecule has 4 heteroatoms. The first-order chi connectivity index (χ1) is 16.2. The van der Waals surface area contributed by atoms with Crippen molar-refractivity contribution in [2.75, 3.05) is 19.8 Å². The Morgan fingerprint density at radius 2 is 1.00 bits per heavy atom. The van der Waals surface area contributed by atoms with Crippen molar-refractivity contribution in [3.05, 3.63) is 0 Å². The van der Waals surface area contributed by atoms with Crippen LogP contribution in [0.15, 0.2) is 0 Å². The fourth-order valence-corrected chi connectivity index (χ4v) is 4.25. The van der Waals surface area contributed by atoms with Crippen molar-refractivity contribution in [1.29, 1.82) is 0 Å². The van der Waals surface area contributed by atoms with Crippen molar-refractivity contribution in [2.24, 2.45) is 0 Å². The minimum atomic E-state index is -0.753. The van der Waals surface area contributed by atoms with E-state index in [-0.39, 0.29) is 12.5 Å². The predicted octanol–water partition coefficient (Wildman–Crippen LogP) is 9.09. The lowest BCUT2D eigenvalue weighted by molar-refractivity contribution is -0.138. The summed E-state index contributed by atoms with van der Waals surface area (Å²) in [6.07, 6.45) is 27.0. The number of ether oxygens (including phenoxy) is 2. The lowest BCUT2D eigenvalue weighted by Gasteiger charge is -2.17. The second-order valence-electron chi connectivity index (χ2n) is 9.86. The van der Waals surface area contributed by atoms with Crippen molar-refractivity contribution in [3.63, 3.8) is 0 Å². The summed E-state index contributed by atoms with van der Waals surface area (Å²) < 4.78 is 11.8. The van der Waals surface area contributed by atoms with Crippen LogP contribution in [0.2, 0.25) is 0 Å². The van der Waals surface area contributed by atoms with E-state index >= 15 is 0 Å². The zero-order valence-electron chi connectivity index (χ0n) is 22.4. The summed E-state index contributed by atoms with van der Waals surface area (Å²) in [7, 11) is 0. The van der Waals surface area contributed by atoms with E-state index in [1.165, 1.54) is 116 Å². The fourth-order valence-electron chi connectivity index (χ4n) is 4.25. The summed E-state index contributed by atoms with van der Waals surface area (Å²) >= 11 is 0. The molecule has 0 rings (SSSR count). The van der Waals surface area contributed by atoms with E-state index in [1.54, 1.807) is 0 Å². The number of carboxylic acid groups (broad SMARTS) is 1. The Hall–Kier alpha value is -0.610. The maximum atomic E-state index is 10.9. The van der Waals surface area contributed by atoms with Gasteiger partial charge in [0.2, 0.25) is 0 Å². The van der Waals surface area contributed by atoms with Gasteiger partial charge in [0.15, 0.2) is 0 Å². The standard InChI is InChI=1S/C29H58O4/c1-3-5-7-9-11-13-15-17-19-21-25-32-27-28(23-24-29(30)31)33-26-22-20-18-16-14-12-10-8-6-4-2/h28H,3-27H2,1-2H3,(H,30,31). The Bertz CT molecular complexity index is 386. The molecule has 4 nitrogen and oxygen atoms in total. The van der Waals surface area contributed by atoms with Crippen molar-refractivity contribution in [1.82, 2.24) is 0 Å². The van der Waals surface area contributed by atoms with E-state index in [1.807, 2.05) is 0 Å². The molecule has 0 aromatic carbocycles. The molecule has 0 aromatic heterocycles. The molecule has 0 aliphatic heterocycles. The molecule has 0 saturated carbocycles. The number of rotatable bonds is 28. The molecular weight excluding hydrogens is 412 g/mol. The zero-order chi connectivity index (χ0) is 24.2. The smallest absolute Gasteiger partial charge is 0.303 e. The second kappa shape index (κ2) is 27.6. The molecule has 0 radical (unpaired) electrons. The van der Waals surface area contributed by atoms with E-state index in [0.717, 1.165) is 26.1 Å². The van der Waals surface area contributed by atoms with Crippen molar-refractivity contribution < 1.29 is 19.4 Å². The van der Waals surface area contributed by atoms with Crippen molar-refractivity contribution in [2.45, 2.75) is 161 Å². The highest BCUT2D eigenvalue weighted by molar-refractivity contribution is 5.66. The van der Waals surface area contributed by atoms with Crippen LogP contribution < -0.4 is 0 Å². The fraction of sp³-hybridized carbons (Fsp3) is 0.966. The highest BCUT2D eigenvalue weighted by Crippen LogP contribution is 2.13. The van der Waals surface area contributed by atoms with Crippen molar-refractivity contribution in [3.8, 4) is 0 Å². The van der Waals surface area contributed by atoms with Crippen LogP contribution in [-0.2, 0) is 14.3 Å². The first kappa shape index (κ1) is 32.4. The van der Waals surface area contributed by atoms with E-state index in [9.17, 15) is 4.79 Å². The van der Waals surface area contributed by atoms with Gasteiger partial charge < -0.3 is 14.6 Å². The van der Waals surface area contributed by atoms with Crippen LogP contribution in [-0.4, -0.2) is 37.0 Å². The quantitative estimate of drug-likeness (QED) is 0.116. The number of hydrogen-bond acceptors (Lipinski definition) is 3. The zero-order valence-corrected chi connectivity index (χ0v) is 22.4. The highest BCUT2D eigenvalue weighted by atomic mass is 16.5. The lowest BCUT2D eigenvalue weighted by atomic mass is 10.1. The molecular formula is C29H58O4. The molecule has 33 heavy (non-hydrogen) atoms. The van der Waals surface area contributed by atoms with Crippen LogP contribution >= 0.6 is 0 Å². The molecule has 0 fully saturated rings. The van der Waals surface area contributed by atoms with Gasteiger partial charge in [0.1, 0.15) is 0 Å². The maximum absolute atomic E-state index is 10.9. The number of carbonyl (C=O) groups is 1. The van der Waals surface area contributed by atoms with Gasteiger partial charge in [0, 0.05) is 19.6 Å². The largest absolute Gasteiger partial charge is 0.481 e. The average molecular weight is 471 g/mol. The van der Waals surface area contributed by atoms with Gasteiger partial charge in [0.05, 0.1) is 12.7 Å². The lowest BCUT2D eigenvalue weighted by Crippen LogP contribution is -2.22. The summed E-state index contributed by atoms with van der Waals surface area (Å²) in [6, 6.07) is 0. The molecule has 0 heterocycles. The van der Waals surface area contributed by atoms with Gasteiger partial charge >= 0.3 is 5.97 Å². The molecule has 1 unspecified atom stereocenters. The Morgan fingerprint density at radius 1 is 0.606 bits per heavy atom. The molecule has 0 spiro atoms. The third kappa shape index (κ3) is 27.5. The predicted molar refractivity (Wildman–Crippen MR) is 141 cm³/mol.